The summed E-state index contributed by atoms with van der Waals surface area (Å²) in [5.74, 6) is -0.795. The number of aliphatic carboxylic acids is 1. The summed E-state index contributed by atoms with van der Waals surface area (Å²) in [4.78, 5) is 10.6. The van der Waals surface area contributed by atoms with E-state index in [0.717, 1.165) is 24.0 Å². The first kappa shape index (κ1) is 14.1. The van der Waals surface area contributed by atoms with Gasteiger partial charge in [-0.05, 0) is 29.5 Å². The minimum absolute atomic E-state index is 0.0814. The molecular weight excluding hydrogens is 248 g/mol. The lowest BCUT2D eigenvalue weighted by atomic mass is 10.1. The molecule has 0 bridgehead atoms. The summed E-state index contributed by atoms with van der Waals surface area (Å²) in [6, 6.07) is 18.0. The molecule has 0 saturated carbocycles. The Kier molecular flexibility index (Phi) is 5.13. The number of aryl methyl sites for hydroxylation is 1. The van der Waals surface area contributed by atoms with Crippen molar-refractivity contribution < 1.29 is 9.90 Å². The Morgan fingerprint density at radius 1 is 0.950 bits per heavy atom. The van der Waals surface area contributed by atoms with Crippen molar-refractivity contribution in [1.29, 1.82) is 0 Å². The number of hydrogen-bond donors (Lipinski definition) is 1. The van der Waals surface area contributed by atoms with Gasteiger partial charge in [0, 0.05) is 0 Å². The van der Waals surface area contributed by atoms with Gasteiger partial charge in [-0.2, -0.15) is 0 Å². The fraction of sp³-hybridized carbons (Fsp3) is 0.167. The second-order valence-corrected chi connectivity index (χ2v) is 4.74. The SMILES string of the molecule is O=C(O)Cc1ccc(C=CCCc2ccccc2)cc1. The number of hydrogen-bond acceptors (Lipinski definition) is 1. The first-order chi connectivity index (χ1) is 9.74. The Morgan fingerprint density at radius 2 is 1.65 bits per heavy atom. The van der Waals surface area contributed by atoms with Gasteiger partial charge in [0.25, 0.3) is 0 Å². The summed E-state index contributed by atoms with van der Waals surface area (Å²) in [6.07, 6.45) is 6.35. The molecule has 0 amide bonds. The van der Waals surface area contributed by atoms with Gasteiger partial charge in [0.1, 0.15) is 0 Å². The molecule has 2 aromatic carbocycles. The third-order valence-electron chi connectivity index (χ3n) is 3.09. The Balaban J connectivity index is 1.83. The molecule has 0 fully saturated rings. The third kappa shape index (κ3) is 4.73. The van der Waals surface area contributed by atoms with E-state index in [1.54, 1.807) is 0 Å². The molecule has 1 N–H and O–H groups in total. The maximum atomic E-state index is 10.6. The second-order valence-electron chi connectivity index (χ2n) is 4.74. The predicted molar refractivity (Wildman–Crippen MR) is 81.6 cm³/mol. The van der Waals surface area contributed by atoms with Crippen LogP contribution in [0.25, 0.3) is 6.08 Å². The lowest BCUT2D eigenvalue weighted by molar-refractivity contribution is -0.136. The highest BCUT2D eigenvalue weighted by atomic mass is 16.4. The summed E-state index contributed by atoms with van der Waals surface area (Å²) in [7, 11) is 0. The zero-order valence-electron chi connectivity index (χ0n) is 11.3. The summed E-state index contributed by atoms with van der Waals surface area (Å²) >= 11 is 0. The highest BCUT2D eigenvalue weighted by molar-refractivity contribution is 5.70. The van der Waals surface area contributed by atoms with E-state index < -0.39 is 5.97 Å². The van der Waals surface area contributed by atoms with Crippen molar-refractivity contribution in [2.45, 2.75) is 19.3 Å². The first-order valence-electron chi connectivity index (χ1n) is 6.75. The minimum atomic E-state index is -0.795. The smallest absolute Gasteiger partial charge is 0.307 e. The quantitative estimate of drug-likeness (QED) is 0.859. The van der Waals surface area contributed by atoms with Crippen molar-refractivity contribution in [2.24, 2.45) is 0 Å². The first-order valence-corrected chi connectivity index (χ1v) is 6.75. The molecule has 0 heterocycles. The zero-order valence-corrected chi connectivity index (χ0v) is 11.3. The number of carboxylic acid groups (broad SMARTS) is 1. The Hall–Kier alpha value is -2.35. The number of carboxylic acids is 1. The van der Waals surface area contributed by atoms with Gasteiger partial charge in [-0.1, -0.05) is 66.7 Å². The Bertz CT molecular complexity index is 568. The normalized spacial score (nSPS) is 10.8. The third-order valence-corrected chi connectivity index (χ3v) is 3.09. The summed E-state index contributed by atoms with van der Waals surface area (Å²) in [5.41, 5.74) is 3.28. The topological polar surface area (TPSA) is 37.3 Å². The molecule has 0 aromatic heterocycles. The van der Waals surface area contributed by atoms with Gasteiger partial charge in [0.15, 0.2) is 0 Å². The summed E-state index contributed by atoms with van der Waals surface area (Å²) in [6.45, 7) is 0. The van der Waals surface area contributed by atoms with Gasteiger partial charge < -0.3 is 5.11 Å². The lowest BCUT2D eigenvalue weighted by Gasteiger charge is -1.99. The maximum absolute atomic E-state index is 10.6. The van der Waals surface area contributed by atoms with Gasteiger partial charge >= 0.3 is 5.97 Å². The molecule has 0 aliphatic carbocycles. The van der Waals surface area contributed by atoms with E-state index in [1.165, 1.54) is 5.56 Å². The van der Waals surface area contributed by atoms with E-state index in [2.05, 4.69) is 36.4 Å². The van der Waals surface area contributed by atoms with Crippen molar-refractivity contribution in [3.63, 3.8) is 0 Å². The molecule has 0 atom stereocenters. The molecule has 2 aromatic rings. The van der Waals surface area contributed by atoms with Crippen LogP contribution in [-0.2, 0) is 17.6 Å². The molecule has 0 radical (unpaired) electrons. The second kappa shape index (κ2) is 7.29. The molecule has 2 nitrogen and oxygen atoms in total. The van der Waals surface area contributed by atoms with Crippen LogP contribution < -0.4 is 0 Å². The van der Waals surface area contributed by atoms with Crippen molar-refractivity contribution >= 4 is 12.0 Å². The van der Waals surface area contributed by atoms with Crippen LogP contribution in [0, 0.1) is 0 Å². The van der Waals surface area contributed by atoms with E-state index in [1.807, 2.05) is 30.3 Å². The number of rotatable bonds is 6. The Labute approximate surface area is 119 Å². The van der Waals surface area contributed by atoms with Gasteiger partial charge in [-0.3, -0.25) is 4.79 Å². The zero-order chi connectivity index (χ0) is 14.2. The van der Waals surface area contributed by atoms with Crippen LogP contribution in [0.4, 0.5) is 0 Å². The van der Waals surface area contributed by atoms with Gasteiger partial charge in [-0.25, -0.2) is 0 Å². The molecule has 2 heteroatoms. The van der Waals surface area contributed by atoms with Crippen LogP contribution in [0.15, 0.2) is 60.7 Å². The van der Waals surface area contributed by atoms with E-state index >= 15 is 0 Å². The van der Waals surface area contributed by atoms with E-state index in [4.69, 9.17) is 5.11 Å². The van der Waals surface area contributed by atoms with E-state index in [-0.39, 0.29) is 6.42 Å². The lowest BCUT2D eigenvalue weighted by Crippen LogP contribution is -1.99. The largest absolute Gasteiger partial charge is 0.481 e. The fourth-order valence-electron chi connectivity index (χ4n) is 2.04. The van der Waals surface area contributed by atoms with Gasteiger partial charge in [0.2, 0.25) is 0 Å². The van der Waals surface area contributed by atoms with Crippen LogP contribution in [0.3, 0.4) is 0 Å². The molecule has 0 saturated heterocycles. The fourth-order valence-corrected chi connectivity index (χ4v) is 2.04. The molecule has 20 heavy (non-hydrogen) atoms. The van der Waals surface area contributed by atoms with Crippen molar-refractivity contribution in [1.82, 2.24) is 0 Å². The average molecular weight is 266 g/mol. The molecule has 0 unspecified atom stereocenters. The van der Waals surface area contributed by atoms with Crippen LogP contribution in [0.2, 0.25) is 0 Å². The van der Waals surface area contributed by atoms with Crippen molar-refractivity contribution in [3.05, 3.63) is 77.4 Å². The standard InChI is InChI=1S/C18H18O2/c19-18(20)14-17-12-10-16(11-13-17)9-5-4-8-15-6-2-1-3-7-15/h1-3,5-7,9-13H,4,8,14H2,(H,19,20). The van der Waals surface area contributed by atoms with E-state index in [9.17, 15) is 4.79 Å². The molecule has 0 aliphatic heterocycles. The number of benzene rings is 2. The van der Waals surface area contributed by atoms with E-state index in [0.29, 0.717) is 0 Å². The number of carbonyl (C=O) groups is 1. The molecular formula is C18H18O2. The van der Waals surface area contributed by atoms with Crippen LogP contribution in [-0.4, -0.2) is 11.1 Å². The van der Waals surface area contributed by atoms with Gasteiger partial charge in [-0.15, -0.1) is 0 Å². The molecule has 0 aliphatic rings. The maximum Gasteiger partial charge on any atom is 0.307 e. The number of allylic oxidation sites excluding steroid dienone is 1. The molecule has 0 spiro atoms. The highest BCUT2D eigenvalue weighted by Gasteiger charge is 1.98. The summed E-state index contributed by atoms with van der Waals surface area (Å²) in [5, 5.41) is 8.70. The summed E-state index contributed by atoms with van der Waals surface area (Å²) < 4.78 is 0. The molecule has 2 rings (SSSR count). The predicted octanol–water partition coefficient (Wildman–Crippen LogP) is 3.96. The van der Waals surface area contributed by atoms with Gasteiger partial charge in [0.05, 0.1) is 6.42 Å². The average Bonchev–Trinajstić information content (AvgIpc) is 2.46. The van der Waals surface area contributed by atoms with Crippen molar-refractivity contribution in [3.8, 4) is 0 Å². The minimum Gasteiger partial charge on any atom is -0.481 e. The van der Waals surface area contributed by atoms with Crippen molar-refractivity contribution in [2.75, 3.05) is 0 Å². The van der Waals surface area contributed by atoms with Crippen LogP contribution in [0.1, 0.15) is 23.1 Å². The highest BCUT2D eigenvalue weighted by Crippen LogP contribution is 2.09. The monoisotopic (exact) mass is 266 g/mol. The van der Waals surface area contributed by atoms with Crippen LogP contribution >= 0.6 is 0 Å². The molecule has 102 valence electrons. The Morgan fingerprint density at radius 3 is 2.30 bits per heavy atom. The van der Waals surface area contributed by atoms with Crippen LogP contribution in [0.5, 0.6) is 0 Å².